The lowest BCUT2D eigenvalue weighted by Crippen LogP contribution is -2.09. The molecule has 5 N–H and O–H groups in total. The van der Waals surface area contributed by atoms with Crippen molar-refractivity contribution in [1.29, 1.82) is 5.41 Å². The molecule has 3 aromatic rings. The first-order valence-electron chi connectivity index (χ1n) is 8.45. The summed E-state index contributed by atoms with van der Waals surface area (Å²) >= 11 is 12.6. The van der Waals surface area contributed by atoms with Crippen molar-refractivity contribution in [3.05, 3.63) is 75.2 Å². The molecule has 2 aromatic heterocycles. The molecular formula is C20H19Cl2N5O. The van der Waals surface area contributed by atoms with E-state index in [1.165, 1.54) is 6.20 Å². The maximum Gasteiger partial charge on any atom is 0.124 e. The maximum absolute atomic E-state index is 8.45. The molecule has 3 rings (SSSR count). The van der Waals surface area contributed by atoms with Gasteiger partial charge in [0.2, 0.25) is 0 Å². The SMILES string of the molecule is Cc1ncc(Cl)c(C(C)Oc2ccc(N)c(C(=N)c3ccc(N)nc3)c2)c1Cl. The topological polar surface area (TPSA) is 111 Å². The smallest absolute Gasteiger partial charge is 0.124 e. The molecule has 0 saturated heterocycles. The third kappa shape index (κ3) is 4.03. The summed E-state index contributed by atoms with van der Waals surface area (Å²) < 4.78 is 6.03. The minimum absolute atomic E-state index is 0.221. The molecule has 0 aliphatic rings. The molecule has 0 aliphatic heterocycles. The molecule has 0 spiro atoms. The highest BCUT2D eigenvalue weighted by molar-refractivity contribution is 6.36. The van der Waals surface area contributed by atoms with Gasteiger partial charge in [0, 0.05) is 34.8 Å². The summed E-state index contributed by atoms with van der Waals surface area (Å²) in [4.78, 5) is 8.16. The van der Waals surface area contributed by atoms with Gasteiger partial charge in [0.05, 0.1) is 21.5 Å². The average Bonchev–Trinajstić information content (AvgIpc) is 2.66. The number of anilines is 2. The predicted molar refractivity (Wildman–Crippen MR) is 113 cm³/mol. The van der Waals surface area contributed by atoms with E-state index in [9.17, 15) is 0 Å². The average molecular weight is 416 g/mol. The molecule has 0 bridgehead atoms. The van der Waals surface area contributed by atoms with Crippen LogP contribution in [0.2, 0.25) is 10.0 Å². The highest BCUT2D eigenvalue weighted by atomic mass is 35.5. The minimum atomic E-state index is -0.425. The largest absolute Gasteiger partial charge is 0.486 e. The van der Waals surface area contributed by atoms with Gasteiger partial charge < -0.3 is 16.2 Å². The number of benzene rings is 1. The number of hydrogen-bond acceptors (Lipinski definition) is 6. The van der Waals surface area contributed by atoms with Crippen LogP contribution in [-0.4, -0.2) is 15.7 Å². The monoisotopic (exact) mass is 415 g/mol. The molecule has 1 atom stereocenters. The van der Waals surface area contributed by atoms with Gasteiger partial charge in [0.1, 0.15) is 17.7 Å². The van der Waals surface area contributed by atoms with Gasteiger partial charge in [-0.05, 0) is 44.2 Å². The fourth-order valence-electron chi connectivity index (χ4n) is 2.75. The van der Waals surface area contributed by atoms with Crippen LogP contribution in [0.25, 0.3) is 0 Å². The van der Waals surface area contributed by atoms with Crippen molar-refractivity contribution in [1.82, 2.24) is 9.97 Å². The number of pyridine rings is 2. The van der Waals surface area contributed by atoms with Crippen LogP contribution in [0.5, 0.6) is 5.75 Å². The number of aryl methyl sites for hydroxylation is 1. The van der Waals surface area contributed by atoms with Crippen molar-refractivity contribution < 1.29 is 4.74 Å². The number of rotatable bonds is 5. The summed E-state index contributed by atoms with van der Waals surface area (Å²) in [5.41, 5.74) is 14.8. The first kappa shape index (κ1) is 19.9. The minimum Gasteiger partial charge on any atom is -0.486 e. The Morgan fingerprint density at radius 3 is 2.54 bits per heavy atom. The summed E-state index contributed by atoms with van der Waals surface area (Å²) in [5, 5.41) is 9.35. The molecule has 0 fully saturated rings. The van der Waals surface area contributed by atoms with E-state index in [0.29, 0.717) is 49.7 Å². The van der Waals surface area contributed by atoms with Gasteiger partial charge in [-0.25, -0.2) is 4.98 Å². The van der Waals surface area contributed by atoms with E-state index < -0.39 is 6.10 Å². The normalized spacial score (nSPS) is 11.9. The Balaban J connectivity index is 1.91. The number of ether oxygens (including phenoxy) is 1. The van der Waals surface area contributed by atoms with Crippen LogP contribution in [0.4, 0.5) is 11.5 Å². The molecular weight excluding hydrogens is 397 g/mol. The number of nitrogens with one attached hydrogen (secondary N) is 1. The second-order valence-corrected chi connectivity index (χ2v) is 7.06. The molecule has 0 radical (unpaired) electrons. The number of hydrogen-bond donors (Lipinski definition) is 3. The Labute approximate surface area is 173 Å². The first-order chi connectivity index (χ1) is 13.3. The number of halogens is 2. The zero-order valence-corrected chi connectivity index (χ0v) is 16.8. The second-order valence-electron chi connectivity index (χ2n) is 6.28. The van der Waals surface area contributed by atoms with Crippen molar-refractivity contribution in [2.24, 2.45) is 0 Å². The maximum atomic E-state index is 8.45. The van der Waals surface area contributed by atoms with Crippen LogP contribution in [0.15, 0.2) is 42.7 Å². The first-order valence-corrected chi connectivity index (χ1v) is 9.21. The van der Waals surface area contributed by atoms with E-state index in [1.54, 1.807) is 43.5 Å². The van der Waals surface area contributed by atoms with Crippen molar-refractivity contribution >= 4 is 40.4 Å². The summed E-state index contributed by atoms with van der Waals surface area (Å²) in [6.07, 6.45) is 2.66. The van der Waals surface area contributed by atoms with E-state index in [-0.39, 0.29) is 5.71 Å². The summed E-state index contributed by atoms with van der Waals surface area (Å²) in [7, 11) is 0. The number of nitrogens with two attached hydrogens (primary N) is 2. The Bertz CT molecular complexity index is 1040. The highest BCUT2D eigenvalue weighted by Gasteiger charge is 2.19. The lowest BCUT2D eigenvalue weighted by atomic mass is 10.0. The Kier molecular flexibility index (Phi) is 5.72. The molecule has 2 heterocycles. The van der Waals surface area contributed by atoms with Gasteiger partial charge in [-0.2, -0.15) is 0 Å². The zero-order chi connectivity index (χ0) is 20.4. The molecule has 6 nitrogen and oxygen atoms in total. The van der Waals surface area contributed by atoms with Gasteiger partial charge in [-0.15, -0.1) is 0 Å². The van der Waals surface area contributed by atoms with E-state index in [4.69, 9.17) is 44.8 Å². The molecule has 0 aliphatic carbocycles. The molecule has 0 amide bonds. The summed E-state index contributed by atoms with van der Waals surface area (Å²) in [5.74, 6) is 0.920. The number of aromatic nitrogens is 2. The number of nitrogens with zero attached hydrogens (tertiary/aromatic N) is 2. The highest BCUT2D eigenvalue weighted by Crippen LogP contribution is 2.35. The van der Waals surface area contributed by atoms with E-state index in [2.05, 4.69) is 9.97 Å². The Morgan fingerprint density at radius 1 is 1.11 bits per heavy atom. The third-order valence-corrected chi connectivity index (χ3v) is 5.05. The molecule has 144 valence electrons. The Hall–Kier alpha value is -2.83. The van der Waals surface area contributed by atoms with Crippen LogP contribution < -0.4 is 16.2 Å². The molecule has 28 heavy (non-hydrogen) atoms. The summed E-state index contributed by atoms with van der Waals surface area (Å²) in [6.45, 7) is 3.65. The van der Waals surface area contributed by atoms with Crippen LogP contribution >= 0.6 is 23.2 Å². The fraction of sp³-hybridized carbons (Fsp3) is 0.150. The molecule has 1 aromatic carbocycles. The molecule has 1 unspecified atom stereocenters. The van der Waals surface area contributed by atoms with E-state index in [0.717, 1.165) is 0 Å². The van der Waals surface area contributed by atoms with Crippen LogP contribution in [0.3, 0.4) is 0 Å². The van der Waals surface area contributed by atoms with Crippen molar-refractivity contribution in [3.8, 4) is 5.75 Å². The third-order valence-electron chi connectivity index (χ3n) is 4.27. The van der Waals surface area contributed by atoms with Crippen LogP contribution in [-0.2, 0) is 0 Å². The lowest BCUT2D eigenvalue weighted by Gasteiger charge is -2.19. The van der Waals surface area contributed by atoms with Crippen molar-refractivity contribution in [2.75, 3.05) is 11.5 Å². The lowest BCUT2D eigenvalue weighted by molar-refractivity contribution is 0.227. The van der Waals surface area contributed by atoms with Gasteiger partial charge in [0.15, 0.2) is 0 Å². The Morgan fingerprint density at radius 2 is 1.86 bits per heavy atom. The van der Waals surface area contributed by atoms with E-state index >= 15 is 0 Å². The van der Waals surface area contributed by atoms with Crippen molar-refractivity contribution in [2.45, 2.75) is 20.0 Å². The van der Waals surface area contributed by atoms with E-state index in [1.807, 2.05) is 6.92 Å². The van der Waals surface area contributed by atoms with Gasteiger partial charge >= 0.3 is 0 Å². The van der Waals surface area contributed by atoms with Crippen LogP contribution in [0, 0.1) is 12.3 Å². The van der Waals surface area contributed by atoms with Crippen molar-refractivity contribution in [3.63, 3.8) is 0 Å². The zero-order valence-electron chi connectivity index (χ0n) is 15.3. The van der Waals surface area contributed by atoms with Gasteiger partial charge in [-0.3, -0.25) is 10.4 Å². The summed E-state index contributed by atoms with van der Waals surface area (Å²) in [6, 6.07) is 8.50. The van der Waals surface area contributed by atoms with Gasteiger partial charge in [0.25, 0.3) is 0 Å². The quantitative estimate of drug-likeness (QED) is 0.408. The predicted octanol–water partition coefficient (Wildman–Crippen LogP) is 4.81. The second kappa shape index (κ2) is 8.04. The fourth-order valence-corrected chi connectivity index (χ4v) is 3.40. The molecule has 0 saturated carbocycles. The molecule has 8 heteroatoms. The van der Waals surface area contributed by atoms with Crippen LogP contribution in [0.1, 0.15) is 35.4 Å². The number of nitrogen functional groups attached to an aromatic ring is 2. The van der Waals surface area contributed by atoms with Gasteiger partial charge in [-0.1, -0.05) is 23.2 Å². The standard InChI is InChI=1S/C20H19Cl2N5O/c1-10-19(22)18(15(21)9-26-10)11(2)28-13-4-5-16(23)14(7-13)20(25)12-3-6-17(24)27-8-12/h3-9,11,25H,23H2,1-2H3,(H2,24,27).